The number of hydrazine groups is 1. The molecule has 2 heterocycles. The van der Waals surface area contributed by atoms with Crippen LogP contribution < -0.4 is 20.3 Å². The predicted octanol–water partition coefficient (Wildman–Crippen LogP) is 1.43. The lowest BCUT2D eigenvalue weighted by Gasteiger charge is -2.31. The summed E-state index contributed by atoms with van der Waals surface area (Å²) in [4.78, 5) is 11.1. The van der Waals surface area contributed by atoms with Crippen molar-refractivity contribution in [3.05, 3.63) is 23.8 Å². The molecule has 4 unspecified atom stereocenters. The summed E-state index contributed by atoms with van der Waals surface area (Å²) in [6.45, 7) is 0.279. The Morgan fingerprint density at radius 1 is 1.19 bits per heavy atom. The fourth-order valence-electron chi connectivity index (χ4n) is 3.72. The first-order valence-electron chi connectivity index (χ1n) is 7.36. The molecule has 1 aromatic rings. The molecular formula is C15H18N2O4. The van der Waals surface area contributed by atoms with Crippen LogP contribution in [0, 0.1) is 11.8 Å². The minimum atomic E-state index is -0.679. The molecule has 3 N–H and O–H groups in total. The van der Waals surface area contributed by atoms with Gasteiger partial charge in [-0.25, -0.2) is 5.43 Å². The van der Waals surface area contributed by atoms with Gasteiger partial charge in [0.05, 0.1) is 12.0 Å². The van der Waals surface area contributed by atoms with Crippen LogP contribution in [0.4, 0.5) is 0 Å². The van der Waals surface area contributed by atoms with Gasteiger partial charge in [-0.3, -0.25) is 10.2 Å². The Kier molecular flexibility index (Phi) is 3.01. The first-order valence-corrected chi connectivity index (χ1v) is 7.36. The van der Waals surface area contributed by atoms with Crippen LogP contribution in [0.3, 0.4) is 0 Å². The van der Waals surface area contributed by atoms with Crippen molar-refractivity contribution in [3.63, 3.8) is 0 Å². The maximum atomic E-state index is 11.1. The highest BCUT2D eigenvalue weighted by Gasteiger charge is 2.42. The van der Waals surface area contributed by atoms with Crippen molar-refractivity contribution in [3.8, 4) is 11.5 Å². The van der Waals surface area contributed by atoms with E-state index in [-0.39, 0.29) is 24.8 Å². The van der Waals surface area contributed by atoms with Crippen molar-refractivity contribution in [2.45, 2.75) is 31.3 Å². The van der Waals surface area contributed by atoms with Gasteiger partial charge in [0.1, 0.15) is 0 Å². The predicted molar refractivity (Wildman–Crippen MR) is 73.8 cm³/mol. The number of hydrogen-bond donors (Lipinski definition) is 3. The summed E-state index contributed by atoms with van der Waals surface area (Å²) in [5, 5.41) is 9.17. The standard InChI is InChI=1S/C15H18N2O4/c18-15(19)9-1-3-10-11(5-9)16-17-14(10)8-2-4-12-13(6-8)21-7-20-12/h2,4,6,9-11,14,16-17H,1,3,5,7H2,(H,18,19). The summed E-state index contributed by atoms with van der Waals surface area (Å²) in [7, 11) is 0. The van der Waals surface area contributed by atoms with Crippen LogP contribution in [-0.2, 0) is 4.79 Å². The van der Waals surface area contributed by atoms with Gasteiger partial charge in [-0.2, -0.15) is 0 Å². The molecule has 6 heteroatoms. The maximum absolute atomic E-state index is 11.1. The molecule has 3 aliphatic rings. The van der Waals surface area contributed by atoms with E-state index >= 15 is 0 Å². The first kappa shape index (κ1) is 12.9. The number of carboxylic acids is 1. The van der Waals surface area contributed by atoms with Gasteiger partial charge in [0.25, 0.3) is 0 Å². The number of carboxylic acid groups (broad SMARTS) is 1. The highest BCUT2D eigenvalue weighted by Crippen LogP contribution is 2.42. The normalized spacial score (nSPS) is 33.7. The monoisotopic (exact) mass is 290 g/mol. The highest BCUT2D eigenvalue weighted by atomic mass is 16.7. The largest absolute Gasteiger partial charge is 0.481 e. The summed E-state index contributed by atoms with van der Waals surface area (Å²) in [6.07, 6.45) is 2.36. The Hall–Kier alpha value is -1.79. The van der Waals surface area contributed by atoms with Gasteiger partial charge in [0, 0.05) is 6.04 Å². The topological polar surface area (TPSA) is 79.8 Å². The van der Waals surface area contributed by atoms with Crippen LogP contribution in [0.25, 0.3) is 0 Å². The number of rotatable bonds is 2. The molecule has 0 spiro atoms. The summed E-state index contributed by atoms with van der Waals surface area (Å²) < 4.78 is 10.8. The molecule has 0 radical (unpaired) electrons. The van der Waals surface area contributed by atoms with E-state index in [0.29, 0.717) is 12.3 Å². The third kappa shape index (κ3) is 2.15. The molecule has 1 saturated carbocycles. The van der Waals surface area contributed by atoms with Crippen molar-refractivity contribution in [1.29, 1.82) is 0 Å². The molecule has 1 saturated heterocycles. The zero-order valence-electron chi connectivity index (χ0n) is 11.5. The Morgan fingerprint density at radius 3 is 2.90 bits per heavy atom. The average Bonchev–Trinajstić information content (AvgIpc) is 3.12. The molecule has 0 bridgehead atoms. The molecule has 2 fully saturated rings. The van der Waals surface area contributed by atoms with E-state index < -0.39 is 5.97 Å². The lowest BCUT2D eigenvalue weighted by atomic mass is 9.75. The van der Waals surface area contributed by atoms with E-state index in [4.69, 9.17) is 14.6 Å². The fraction of sp³-hybridized carbons (Fsp3) is 0.533. The number of hydrogen-bond acceptors (Lipinski definition) is 5. The second-order valence-electron chi connectivity index (χ2n) is 6.00. The Balaban J connectivity index is 1.54. The minimum Gasteiger partial charge on any atom is -0.481 e. The lowest BCUT2D eigenvalue weighted by Crippen LogP contribution is -2.38. The number of ether oxygens (including phenoxy) is 2. The molecule has 2 aliphatic heterocycles. The minimum absolute atomic E-state index is 0.194. The van der Waals surface area contributed by atoms with Gasteiger partial charge >= 0.3 is 5.97 Å². The van der Waals surface area contributed by atoms with E-state index in [1.807, 2.05) is 12.1 Å². The quantitative estimate of drug-likeness (QED) is 0.764. The molecule has 1 aliphatic carbocycles. The number of nitrogens with one attached hydrogen (secondary N) is 2. The summed E-state index contributed by atoms with van der Waals surface area (Å²) in [6, 6.07) is 6.43. The van der Waals surface area contributed by atoms with Gasteiger partial charge in [-0.05, 0) is 42.9 Å². The lowest BCUT2D eigenvalue weighted by molar-refractivity contribution is -0.143. The summed E-state index contributed by atoms with van der Waals surface area (Å²) in [5.74, 6) is 1.09. The average molecular weight is 290 g/mol. The van der Waals surface area contributed by atoms with E-state index in [1.54, 1.807) is 0 Å². The number of benzene rings is 1. The van der Waals surface area contributed by atoms with E-state index in [9.17, 15) is 4.79 Å². The second-order valence-corrected chi connectivity index (χ2v) is 6.00. The van der Waals surface area contributed by atoms with Gasteiger partial charge < -0.3 is 14.6 Å². The van der Waals surface area contributed by atoms with Gasteiger partial charge in [0.2, 0.25) is 6.79 Å². The Labute approximate surface area is 122 Å². The van der Waals surface area contributed by atoms with Crippen LogP contribution >= 0.6 is 0 Å². The summed E-state index contributed by atoms with van der Waals surface area (Å²) >= 11 is 0. The zero-order chi connectivity index (χ0) is 14.4. The number of carbonyl (C=O) groups is 1. The third-order valence-corrected chi connectivity index (χ3v) is 4.86. The third-order valence-electron chi connectivity index (χ3n) is 4.86. The Morgan fingerprint density at radius 2 is 2.05 bits per heavy atom. The maximum Gasteiger partial charge on any atom is 0.306 e. The molecule has 4 atom stereocenters. The van der Waals surface area contributed by atoms with Crippen molar-refractivity contribution >= 4 is 5.97 Å². The Bertz CT molecular complexity index is 577. The molecule has 4 rings (SSSR count). The van der Waals surface area contributed by atoms with Gasteiger partial charge in [0.15, 0.2) is 11.5 Å². The van der Waals surface area contributed by atoms with Gasteiger partial charge in [-0.1, -0.05) is 6.07 Å². The fourth-order valence-corrected chi connectivity index (χ4v) is 3.72. The number of aliphatic carboxylic acids is 1. The highest BCUT2D eigenvalue weighted by molar-refractivity contribution is 5.70. The van der Waals surface area contributed by atoms with Gasteiger partial charge in [-0.15, -0.1) is 0 Å². The van der Waals surface area contributed by atoms with E-state index in [0.717, 1.165) is 29.9 Å². The van der Waals surface area contributed by atoms with Crippen LogP contribution in [-0.4, -0.2) is 23.9 Å². The number of fused-ring (bicyclic) bond motifs is 2. The molecule has 0 aromatic heterocycles. The van der Waals surface area contributed by atoms with E-state index in [2.05, 4.69) is 16.9 Å². The van der Waals surface area contributed by atoms with E-state index in [1.165, 1.54) is 0 Å². The molecule has 6 nitrogen and oxygen atoms in total. The van der Waals surface area contributed by atoms with Crippen molar-refractivity contribution in [2.75, 3.05) is 6.79 Å². The molecule has 112 valence electrons. The molecule has 1 aromatic carbocycles. The van der Waals surface area contributed by atoms with Crippen LogP contribution in [0.15, 0.2) is 18.2 Å². The SMILES string of the molecule is O=C(O)C1CCC2C(C1)NNC2c1ccc2c(c1)OCO2. The first-order chi connectivity index (χ1) is 10.2. The molecule has 21 heavy (non-hydrogen) atoms. The van der Waals surface area contributed by atoms with Crippen LogP contribution in [0.1, 0.15) is 30.9 Å². The smallest absolute Gasteiger partial charge is 0.306 e. The molecular weight excluding hydrogens is 272 g/mol. The second kappa shape index (κ2) is 4.89. The zero-order valence-corrected chi connectivity index (χ0v) is 11.5. The van der Waals surface area contributed by atoms with Crippen molar-refractivity contribution in [2.24, 2.45) is 11.8 Å². The summed E-state index contributed by atoms with van der Waals surface area (Å²) in [5.41, 5.74) is 7.76. The van der Waals surface area contributed by atoms with Crippen LogP contribution in [0.5, 0.6) is 11.5 Å². The van der Waals surface area contributed by atoms with Crippen LogP contribution in [0.2, 0.25) is 0 Å². The van der Waals surface area contributed by atoms with Crippen molar-refractivity contribution < 1.29 is 19.4 Å². The van der Waals surface area contributed by atoms with Crippen molar-refractivity contribution in [1.82, 2.24) is 10.9 Å². The molecule has 0 amide bonds.